The molecule has 0 amide bonds. The number of Topliss-reactive ketones (excluding diaryl/α,β-unsaturated/α-hetero) is 1. The Bertz CT molecular complexity index is 1450. The summed E-state index contributed by atoms with van der Waals surface area (Å²) in [4.78, 5) is 19.9. The van der Waals surface area contributed by atoms with Crippen molar-refractivity contribution in [2.75, 3.05) is 24.5 Å². The van der Waals surface area contributed by atoms with Crippen molar-refractivity contribution in [1.82, 2.24) is 19.9 Å². The number of benzene rings is 2. The second-order valence-corrected chi connectivity index (χ2v) is 11.6. The van der Waals surface area contributed by atoms with Gasteiger partial charge in [0.25, 0.3) is 0 Å². The lowest BCUT2D eigenvalue weighted by Crippen LogP contribution is -2.42. The summed E-state index contributed by atoms with van der Waals surface area (Å²) < 4.78 is 1.84. The molecule has 0 aliphatic carbocycles. The van der Waals surface area contributed by atoms with E-state index in [1.54, 1.807) is 0 Å². The predicted octanol–water partition coefficient (Wildman–Crippen LogP) is 5.57. The maximum Gasteiger partial charge on any atom is 0.178 e. The average Bonchev–Trinajstić information content (AvgIpc) is 3.40. The Morgan fingerprint density at radius 1 is 1.05 bits per heavy atom. The quantitative estimate of drug-likeness (QED) is 0.276. The SMILES string of the molecule is O=C(CCC1CCCCN1)c1ccc(Cc2nc3c(N4CCC(O)(c5ccc(Cl)cc5)CC4)cccn3n2)cc1. The number of pyridine rings is 1. The summed E-state index contributed by atoms with van der Waals surface area (Å²) in [6.07, 6.45) is 8.92. The maximum absolute atomic E-state index is 12.7. The first-order valence-corrected chi connectivity index (χ1v) is 14.8. The molecule has 208 valence electrons. The Kier molecular flexibility index (Phi) is 7.87. The maximum atomic E-state index is 12.7. The largest absolute Gasteiger partial charge is 0.385 e. The topological polar surface area (TPSA) is 82.8 Å². The number of carbonyl (C=O) groups excluding carboxylic acids is 1. The number of aromatic nitrogens is 3. The van der Waals surface area contributed by atoms with Crippen LogP contribution in [0.3, 0.4) is 0 Å². The molecule has 0 spiro atoms. The summed E-state index contributed by atoms with van der Waals surface area (Å²) in [5.41, 5.74) is 3.74. The van der Waals surface area contributed by atoms with Gasteiger partial charge in [-0.2, -0.15) is 5.10 Å². The highest BCUT2D eigenvalue weighted by molar-refractivity contribution is 6.30. The molecule has 40 heavy (non-hydrogen) atoms. The van der Waals surface area contributed by atoms with E-state index >= 15 is 0 Å². The Morgan fingerprint density at radius 2 is 1.82 bits per heavy atom. The number of nitrogens with one attached hydrogen (secondary N) is 1. The number of piperidine rings is 2. The van der Waals surface area contributed by atoms with E-state index < -0.39 is 5.60 Å². The molecular formula is C32H36ClN5O2. The third-order valence-corrected chi connectivity index (χ3v) is 8.72. The summed E-state index contributed by atoms with van der Waals surface area (Å²) in [5, 5.41) is 20.2. The first-order valence-electron chi connectivity index (χ1n) is 14.4. The molecule has 8 heteroatoms. The molecular weight excluding hydrogens is 522 g/mol. The fraction of sp³-hybridized carbons (Fsp3) is 0.406. The predicted molar refractivity (Wildman–Crippen MR) is 158 cm³/mol. The summed E-state index contributed by atoms with van der Waals surface area (Å²) in [6.45, 7) is 2.50. The van der Waals surface area contributed by atoms with Crippen molar-refractivity contribution in [2.24, 2.45) is 0 Å². The first kappa shape index (κ1) is 26.9. The number of rotatable bonds is 8. The van der Waals surface area contributed by atoms with Crippen LogP contribution in [0.15, 0.2) is 66.9 Å². The van der Waals surface area contributed by atoms with Gasteiger partial charge in [-0.1, -0.05) is 54.4 Å². The molecule has 1 atom stereocenters. The molecule has 2 aliphatic heterocycles. The standard InChI is InChI=1S/C32H36ClN5O2/c33-26-12-10-25(11-13-26)32(40)16-20-37(21-17-32)28-5-3-19-38-31(28)35-30(36-38)22-23-6-8-24(9-7-23)29(39)15-14-27-4-1-2-18-34-27/h3,5-13,19,27,34,40H,1-2,4,14-18,20-22H2. The molecule has 2 fully saturated rings. The molecule has 7 nitrogen and oxygen atoms in total. The number of aliphatic hydroxyl groups is 1. The third kappa shape index (κ3) is 5.92. The van der Waals surface area contributed by atoms with E-state index in [9.17, 15) is 9.90 Å². The summed E-state index contributed by atoms with van der Waals surface area (Å²) in [6, 6.07) is 19.9. The zero-order valence-electron chi connectivity index (χ0n) is 22.7. The number of ketones is 1. The Labute approximate surface area is 240 Å². The Balaban J connectivity index is 1.10. The van der Waals surface area contributed by atoms with E-state index in [4.69, 9.17) is 21.7 Å². The monoisotopic (exact) mass is 557 g/mol. The van der Waals surface area contributed by atoms with Gasteiger partial charge in [0.1, 0.15) is 0 Å². The molecule has 2 aromatic heterocycles. The lowest BCUT2D eigenvalue weighted by molar-refractivity contribution is 0.0118. The van der Waals surface area contributed by atoms with Crippen LogP contribution in [-0.4, -0.2) is 51.2 Å². The lowest BCUT2D eigenvalue weighted by Gasteiger charge is -2.39. The molecule has 0 saturated carbocycles. The van der Waals surface area contributed by atoms with Crippen LogP contribution in [0.2, 0.25) is 5.02 Å². The van der Waals surface area contributed by atoms with Gasteiger partial charge in [-0.05, 0) is 74.0 Å². The average molecular weight is 558 g/mol. The van der Waals surface area contributed by atoms with E-state index in [1.807, 2.05) is 65.3 Å². The van der Waals surface area contributed by atoms with Gasteiger partial charge < -0.3 is 15.3 Å². The molecule has 0 bridgehead atoms. The van der Waals surface area contributed by atoms with Gasteiger partial charge in [-0.3, -0.25) is 4.79 Å². The van der Waals surface area contributed by atoms with E-state index in [-0.39, 0.29) is 5.78 Å². The van der Waals surface area contributed by atoms with Gasteiger partial charge in [0, 0.05) is 48.8 Å². The van der Waals surface area contributed by atoms with E-state index in [0.29, 0.717) is 49.8 Å². The minimum Gasteiger partial charge on any atom is -0.385 e. The second kappa shape index (κ2) is 11.7. The van der Waals surface area contributed by atoms with Crippen LogP contribution >= 0.6 is 11.6 Å². The number of anilines is 1. The van der Waals surface area contributed by atoms with Crippen LogP contribution in [0.4, 0.5) is 5.69 Å². The minimum atomic E-state index is -0.856. The Hall–Kier alpha value is -3.26. The van der Waals surface area contributed by atoms with Crippen molar-refractivity contribution in [2.45, 2.75) is 63.0 Å². The Morgan fingerprint density at radius 3 is 2.55 bits per heavy atom. The van der Waals surface area contributed by atoms with Gasteiger partial charge >= 0.3 is 0 Å². The van der Waals surface area contributed by atoms with Crippen molar-refractivity contribution < 1.29 is 9.90 Å². The van der Waals surface area contributed by atoms with Crippen LogP contribution in [0.25, 0.3) is 5.65 Å². The van der Waals surface area contributed by atoms with Gasteiger partial charge in [0.15, 0.2) is 17.3 Å². The van der Waals surface area contributed by atoms with Crippen molar-refractivity contribution >= 4 is 28.7 Å². The van der Waals surface area contributed by atoms with Gasteiger partial charge in [0.05, 0.1) is 11.3 Å². The molecule has 2 saturated heterocycles. The van der Waals surface area contributed by atoms with Crippen LogP contribution < -0.4 is 10.2 Å². The van der Waals surface area contributed by atoms with Gasteiger partial charge in [0.2, 0.25) is 0 Å². The number of nitrogens with zero attached hydrogens (tertiary/aromatic N) is 4. The third-order valence-electron chi connectivity index (χ3n) is 8.47. The normalized spacial score (nSPS) is 19.1. The molecule has 4 heterocycles. The molecule has 6 rings (SSSR count). The number of carbonyl (C=O) groups is 1. The number of hydrogen-bond acceptors (Lipinski definition) is 6. The van der Waals surface area contributed by atoms with Gasteiger partial charge in [-0.15, -0.1) is 0 Å². The zero-order chi connectivity index (χ0) is 27.5. The lowest BCUT2D eigenvalue weighted by atomic mass is 9.84. The molecule has 0 radical (unpaired) electrons. The molecule has 1 unspecified atom stereocenters. The van der Waals surface area contributed by atoms with Crippen LogP contribution in [-0.2, 0) is 12.0 Å². The molecule has 2 aliphatic rings. The zero-order valence-corrected chi connectivity index (χ0v) is 23.5. The number of hydrogen-bond donors (Lipinski definition) is 2. The number of fused-ring (bicyclic) bond motifs is 1. The first-order chi connectivity index (χ1) is 19.5. The van der Waals surface area contributed by atoms with E-state index in [0.717, 1.165) is 46.8 Å². The molecule has 2 N–H and O–H groups in total. The molecule has 4 aromatic rings. The highest BCUT2D eigenvalue weighted by atomic mass is 35.5. The van der Waals surface area contributed by atoms with Crippen molar-refractivity contribution in [1.29, 1.82) is 0 Å². The highest BCUT2D eigenvalue weighted by Gasteiger charge is 2.34. The van der Waals surface area contributed by atoms with Crippen LogP contribution in [0, 0.1) is 0 Å². The fourth-order valence-electron chi connectivity index (χ4n) is 6.04. The summed E-state index contributed by atoms with van der Waals surface area (Å²) >= 11 is 6.04. The van der Waals surface area contributed by atoms with Crippen molar-refractivity contribution in [3.63, 3.8) is 0 Å². The summed E-state index contributed by atoms with van der Waals surface area (Å²) in [5.74, 6) is 0.948. The number of halogens is 1. The minimum absolute atomic E-state index is 0.207. The molecule has 2 aromatic carbocycles. The fourth-order valence-corrected chi connectivity index (χ4v) is 6.16. The van der Waals surface area contributed by atoms with E-state index in [1.165, 1.54) is 19.3 Å². The van der Waals surface area contributed by atoms with Crippen molar-refractivity contribution in [3.8, 4) is 0 Å². The summed E-state index contributed by atoms with van der Waals surface area (Å²) in [7, 11) is 0. The van der Waals surface area contributed by atoms with Gasteiger partial charge in [-0.25, -0.2) is 9.50 Å². The van der Waals surface area contributed by atoms with Crippen LogP contribution in [0.5, 0.6) is 0 Å². The highest BCUT2D eigenvalue weighted by Crippen LogP contribution is 2.36. The smallest absolute Gasteiger partial charge is 0.178 e. The van der Waals surface area contributed by atoms with Crippen molar-refractivity contribution in [3.05, 3.63) is 94.4 Å². The van der Waals surface area contributed by atoms with Crippen LogP contribution in [0.1, 0.15) is 72.3 Å². The second-order valence-electron chi connectivity index (χ2n) is 11.2. The van der Waals surface area contributed by atoms with E-state index in [2.05, 4.69) is 16.3 Å².